The number of hydrogen-bond donors (Lipinski definition) is 1. The zero-order chi connectivity index (χ0) is 18.0. The van der Waals surface area contributed by atoms with E-state index in [9.17, 15) is 9.59 Å². The monoisotopic (exact) mass is 364 g/mol. The minimum atomic E-state index is -0.462. The molecule has 1 saturated heterocycles. The van der Waals surface area contributed by atoms with Crippen molar-refractivity contribution in [1.82, 2.24) is 4.90 Å². The molecule has 1 N–H and O–H groups in total. The minimum Gasteiger partial charge on any atom is -0.494 e. The highest BCUT2D eigenvalue weighted by Gasteiger charge is 2.42. The Balaban J connectivity index is 1.79. The molecule has 0 atom stereocenters. The van der Waals surface area contributed by atoms with Crippen molar-refractivity contribution in [3.05, 3.63) is 35.0 Å². The Labute approximate surface area is 152 Å². The molecule has 1 aromatic rings. The molecule has 1 fully saturated rings. The second kappa shape index (κ2) is 7.45. The highest BCUT2D eigenvalue weighted by atomic mass is 35.5. The van der Waals surface area contributed by atoms with Crippen LogP contribution in [0.4, 0.5) is 5.69 Å². The van der Waals surface area contributed by atoms with Gasteiger partial charge in [0.2, 0.25) is 0 Å². The Morgan fingerprint density at radius 3 is 2.28 bits per heavy atom. The Bertz CT molecular complexity index is 694. The Kier molecular flexibility index (Phi) is 5.30. The summed E-state index contributed by atoms with van der Waals surface area (Å²) in [6, 6.07) is 6.89. The molecule has 0 aromatic heterocycles. The average molecular weight is 365 g/mol. The number of halogens is 1. The van der Waals surface area contributed by atoms with Gasteiger partial charge in [0.25, 0.3) is 11.8 Å². The van der Waals surface area contributed by atoms with Gasteiger partial charge < -0.3 is 14.5 Å². The van der Waals surface area contributed by atoms with E-state index in [0.29, 0.717) is 23.7 Å². The number of nitrogens with zero attached hydrogens (tertiary/aromatic N) is 2. The fourth-order valence-corrected chi connectivity index (χ4v) is 3.54. The smallest absolute Gasteiger partial charge is 0.283 e. The molecule has 6 nitrogen and oxygen atoms in total. The van der Waals surface area contributed by atoms with Gasteiger partial charge in [-0.1, -0.05) is 11.6 Å². The second-order valence-electron chi connectivity index (χ2n) is 6.13. The summed E-state index contributed by atoms with van der Waals surface area (Å²) < 4.78 is 5.40. The molecule has 0 saturated carbocycles. The molecule has 7 heteroatoms. The van der Waals surface area contributed by atoms with Crippen molar-refractivity contribution in [2.45, 2.75) is 13.8 Å². The first-order valence-corrected chi connectivity index (χ1v) is 9.04. The predicted molar refractivity (Wildman–Crippen MR) is 95.8 cm³/mol. The topological polar surface area (TPSA) is 54.3 Å². The third-order valence-corrected chi connectivity index (χ3v) is 5.04. The third kappa shape index (κ3) is 3.37. The fourth-order valence-electron chi connectivity index (χ4n) is 3.26. The number of benzene rings is 1. The average Bonchev–Trinajstić information content (AvgIpc) is 2.85. The number of carbonyl (C=O) groups excluding carboxylic acids is 2. The fraction of sp³-hybridized carbons (Fsp3) is 0.444. The molecule has 134 valence electrons. The van der Waals surface area contributed by atoms with E-state index in [1.165, 1.54) is 4.90 Å². The number of imide groups is 1. The molecule has 2 aliphatic heterocycles. The van der Waals surface area contributed by atoms with E-state index in [-0.39, 0.29) is 10.9 Å². The van der Waals surface area contributed by atoms with Crippen LogP contribution in [0.5, 0.6) is 5.75 Å². The van der Waals surface area contributed by atoms with E-state index in [4.69, 9.17) is 16.3 Å². The maximum atomic E-state index is 12.9. The number of amides is 2. The lowest BCUT2D eigenvalue weighted by molar-refractivity contribution is -0.902. The van der Waals surface area contributed by atoms with Crippen molar-refractivity contribution in [2.24, 2.45) is 0 Å². The van der Waals surface area contributed by atoms with Crippen LogP contribution >= 0.6 is 11.6 Å². The zero-order valence-electron chi connectivity index (χ0n) is 14.5. The van der Waals surface area contributed by atoms with E-state index >= 15 is 0 Å². The lowest BCUT2D eigenvalue weighted by Gasteiger charge is -2.33. The Morgan fingerprint density at radius 2 is 1.72 bits per heavy atom. The predicted octanol–water partition coefficient (Wildman–Crippen LogP) is 0.629. The molecule has 0 aliphatic carbocycles. The molecule has 2 aliphatic rings. The number of rotatable bonds is 5. The first-order chi connectivity index (χ1) is 12.1. The van der Waals surface area contributed by atoms with Crippen LogP contribution in [0.15, 0.2) is 35.0 Å². The number of quaternary nitrogens is 1. The van der Waals surface area contributed by atoms with Gasteiger partial charge in [-0.2, -0.15) is 0 Å². The summed E-state index contributed by atoms with van der Waals surface area (Å²) in [5.74, 6) is -0.113. The van der Waals surface area contributed by atoms with Gasteiger partial charge >= 0.3 is 0 Å². The second-order valence-corrected chi connectivity index (χ2v) is 6.50. The van der Waals surface area contributed by atoms with Crippen LogP contribution in [0.1, 0.15) is 13.8 Å². The molecule has 25 heavy (non-hydrogen) atoms. The third-order valence-electron chi connectivity index (χ3n) is 4.70. The van der Waals surface area contributed by atoms with Crippen molar-refractivity contribution < 1.29 is 19.2 Å². The molecule has 0 unspecified atom stereocenters. The molecular formula is C18H23ClN3O3+. The lowest BCUT2D eigenvalue weighted by atomic mass is 10.2. The first-order valence-electron chi connectivity index (χ1n) is 8.66. The summed E-state index contributed by atoms with van der Waals surface area (Å²) in [6.07, 6.45) is 0. The van der Waals surface area contributed by atoms with E-state index in [1.807, 2.05) is 11.8 Å². The summed E-state index contributed by atoms with van der Waals surface area (Å²) in [5, 5.41) is 0.0128. The quantitative estimate of drug-likeness (QED) is 0.779. The first kappa shape index (κ1) is 17.8. The lowest BCUT2D eigenvalue weighted by Crippen LogP contribution is -3.14. The van der Waals surface area contributed by atoms with Gasteiger partial charge in [-0.3, -0.25) is 9.59 Å². The number of nitrogens with one attached hydrogen (secondary N) is 1. The number of carbonyl (C=O) groups is 2. The van der Waals surface area contributed by atoms with Gasteiger partial charge in [0.1, 0.15) is 16.5 Å². The maximum Gasteiger partial charge on any atom is 0.283 e. The van der Waals surface area contributed by atoms with Gasteiger partial charge in [-0.25, -0.2) is 4.90 Å². The Morgan fingerprint density at radius 1 is 1.08 bits per heavy atom. The van der Waals surface area contributed by atoms with Crippen LogP contribution in [0.2, 0.25) is 0 Å². The van der Waals surface area contributed by atoms with Crippen LogP contribution < -0.4 is 14.5 Å². The van der Waals surface area contributed by atoms with Crippen LogP contribution in [0.25, 0.3) is 0 Å². The Hall–Kier alpha value is -2.05. The molecule has 0 bridgehead atoms. The summed E-state index contributed by atoms with van der Waals surface area (Å²) in [6.45, 7) is 9.00. The zero-order valence-corrected chi connectivity index (χ0v) is 15.3. The summed E-state index contributed by atoms with van der Waals surface area (Å²) in [7, 11) is 0. The van der Waals surface area contributed by atoms with Gasteiger partial charge in [-0.05, 0) is 38.1 Å². The van der Waals surface area contributed by atoms with Crippen molar-refractivity contribution in [2.75, 3.05) is 44.2 Å². The molecule has 0 radical (unpaired) electrons. The largest absolute Gasteiger partial charge is 0.494 e. The summed E-state index contributed by atoms with van der Waals surface area (Å²) >= 11 is 6.25. The normalized spacial score (nSPS) is 19.2. The summed E-state index contributed by atoms with van der Waals surface area (Å²) in [5.41, 5.74) is 0.833. The number of piperazine rings is 1. The van der Waals surface area contributed by atoms with Gasteiger partial charge in [0, 0.05) is 0 Å². The molecule has 1 aromatic carbocycles. The molecule has 2 amide bonds. The van der Waals surface area contributed by atoms with Crippen LogP contribution in [0, 0.1) is 0 Å². The number of likely N-dealkylation sites (N-methyl/N-ethyl adjacent to an activating group) is 1. The van der Waals surface area contributed by atoms with Crippen LogP contribution in [-0.4, -0.2) is 56.0 Å². The van der Waals surface area contributed by atoms with Crippen LogP contribution in [-0.2, 0) is 9.59 Å². The van der Waals surface area contributed by atoms with Crippen molar-refractivity contribution >= 4 is 29.1 Å². The SMILES string of the molecule is CCOc1ccc(N2C(=O)C(Cl)=C(N3CC[NH+](CC)CC3)C2=O)cc1. The van der Waals surface area contributed by atoms with Gasteiger partial charge in [0.15, 0.2) is 0 Å². The molecule has 2 heterocycles. The van der Waals surface area contributed by atoms with Crippen molar-refractivity contribution in [3.8, 4) is 5.75 Å². The maximum absolute atomic E-state index is 12.9. The number of ether oxygens (including phenoxy) is 1. The summed E-state index contributed by atoms with van der Waals surface area (Å²) in [4.78, 5) is 30.0. The van der Waals surface area contributed by atoms with E-state index in [2.05, 4.69) is 6.92 Å². The van der Waals surface area contributed by atoms with E-state index < -0.39 is 5.91 Å². The molecule has 3 rings (SSSR count). The highest BCUT2D eigenvalue weighted by Crippen LogP contribution is 2.31. The molecular weight excluding hydrogens is 342 g/mol. The minimum absolute atomic E-state index is 0.0128. The number of anilines is 1. The van der Waals surface area contributed by atoms with E-state index in [1.54, 1.807) is 24.3 Å². The number of hydrogen-bond acceptors (Lipinski definition) is 4. The van der Waals surface area contributed by atoms with Gasteiger partial charge in [0.05, 0.1) is 45.0 Å². The molecule has 0 spiro atoms. The van der Waals surface area contributed by atoms with Crippen molar-refractivity contribution in [3.63, 3.8) is 0 Å². The standard InChI is InChI=1S/C18H22ClN3O3/c1-3-20-9-11-21(12-10-20)16-15(19)17(23)22(18(16)24)13-5-7-14(8-6-13)25-4-2/h5-8H,3-4,9-12H2,1-2H3/p+1. The van der Waals surface area contributed by atoms with Crippen LogP contribution in [0.3, 0.4) is 0 Å². The highest BCUT2D eigenvalue weighted by molar-refractivity contribution is 6.52. The van der Waals surface area contributed by atoms with Crippen molar-refractivity contribution in [1.29, 1.82) is 0 Å². The van der Waals surface area contributed by atoms with E-state index in [0.717, 1.165) is 37.6 Å². The van der Waals surface area contributed by atoms with Gasteiger partial charge in [-0.15, -0.1) is 0 Å².